The first kappa shape index (κ1) is 11.4. The van der Waals surface area contributed by atoms with E-state index in [4.69, 9.17) is 5.11 Å². The maximum absolute atomic E-state index is 10.9. The van der Waals surface area contributed by atoms with Gasteiger partial charge in [0.15, 0.2) is 0 Å². The minimum atomic E-state index is -0.978. The molecule has 2 heterocycles. The van der Waals surface area contributed by atoms with Crippen LogP contribution in [0.3, 0.4) is 0 Å². The van der Waals surface area contributed by atoms with Gasteiger partial charge in [0.05, 0.1) is 23.0 Å². The van der Waals surface area contributed by atoms with Gasteiger partial charge in [-0.05, 0) is 25.1 Å². The second-order valence-electron chi connectivity index (χ2n) is 4.28. The highest BCUT2D eigenvalue weighted by atomic mass is 16.4. The van der Waals surface area contributed by atoms with Crippen molar-refractivity contribution in [1.82, 2.24) is 24.8 Å². The summed E-state index contributed by atoms with van der Waals surface area (Å²) in [7, 11) is 1.83. The summed E-state index contributed by atoms with van der Waals surface area (Å²) in [5.41, 5.74) is 3.15. The number of carbonyl (C=O) groups is 1. The molecule has 0 aliphatic heterocycles. The van der Waals surface area contributed by atoms with Crippen molar-refractivity contribution in [2.24, 2.45) is 7.05 Å². The second-order valence-corrected chi connectivity index (χ2v) is 4.28. The van der Waals surface area contributed by atoms with Crippen molar-refractivity contribution < 1.29 is 9.90 Å². The van der Waals surface area contributed by atoms with E-state index >= 15 is 0 Å². The minimum Gasteiger partial charge on any atom is -0.478 e. The highest BCUT2D eigenvalue weighted by Crippen LogP contribution is 2.19. The number of fused-ring (bicyclic) bond motifs is 1. The third-order valence-corrected chi connectivity index (χ3v) is 2.91. The molecular formula is C12H11N5O2. The molecule has 19 heavy (non-hydrogen) atoms. The fourth-order valence-corrected chi connectivity index (χ4v) is 2.03. The molecule has 0 amide bonds. The van der Waals surface area contributed by atoms with Crippen LogP contribution in [0.25, 0.3) is 16.7 Å². The highest BCUT2D eigenvalue weighted by Gasteiger charge is 2.13. The summed E-state index contributed by atoms with van der Waals surface area (Å²) in [6.07, 6.45) is 1.84. The van der Waals surface area contributed by atoms with Gasteiger partial charge >= 0.3 is 5.97 Å². The third-order valence-electron chi connectivity index (χ3n) is 2.91. The topological polar surface area (TPSA) is 85.8 Å². The van der Waals surface area contributed by atoms with Crippen LogP contribution in [0.1, 0.15) is 16.1 Å². The molecule has 0 atom stereocenters. The molecule has 0 aliphatic rings. The average molecular weight is 257 g/mol. The molecule has 1 aromatic carbocycles. The van der Waals surface area contributed by atoms with Gasteiger partial charge in [-0.25, -0.2) is 9.48 Å². The van der Waals surface area contributed by atoms with Crippen molar-refractivity contribution >= 4 is 17.0 Å². The normalized spacial score (nSPS) is 11.1. The molecule has 0 aliphatic carbocycles. The van der Waals surface area contributed by atoms with Crippen LogP contribution in [0.2, 0.25) is 0 Å². The number of hydrogen-bond acceptors (Lipinski definition) is 4. The van der Waals surface area contributed by atoms with Crippen LogP contribution < -0.4 is 0 Å². The zero-order valence-corrected chi connectivity index (χ0v) is 10.4. The molecule has 0 bridgehead atoms. The van der Waals surface area contributed by atoms with Crippen molar-refractivity contribution in [2.75, 3.05) is 0 Å². The fraction of sp³-hybridized carbons (Fsp3) is 0.167. The average Bonchev–Trinajstić information content (AvgIpc) is 2.91. The van der Waals surface area contributed by atoms with E-state index in [-0.39, 0.29) is 5.56 Å². The molecule has 2 aromatic heterocycles. The van der Waals surface area contributed by atoms with Gasteiger partial charge in [0.2, 0.25) is 0 Å². The Balaban J connectivity index is 2.21. The van der Waals surface area contributed by atoms with Crippen molar-refractivity contribution in [3.63, 3.8) is 0 Å². The number of benzene rings is 1. The van der Waals surface area contributed by atoms with Crippen molar-refractivity contribution in [2.45, 2.75) is 6.92 Å². The molecular weight excluding hydrogens is 246 g/mol. The van der Waals surface area contributed by atoms with Crippen molar-refractivity contribution in [1.29, 1.82) is 0 Å². The van der Waals surface area contributed by atoms with Crippen LogP contribution in [0.4, 0.5) is 0 Å². The Hall–Kier alpha value is -2.70. The molecule has 0 saturated heterocycles. The molecule has 3 rings (SSSR count). The maximum Gasteiger partial charge on any atom is 0.335 e. The second kappa shape index (κ2) is 3.91. The molecule has 0 unspecified atom stereocenters. The van der Waals surface area contributed by atoms with Crippen molar-refractivity contribution in [3.05, 3.63) is 35.7 Å². The lowest BCUT2D eigenvalue weighted by atomic mass is 10.2. The summed E-state index contributed by atoms with van der Waals surface area (Å²) in [5, 5.41) is 21.3. The van der Waals surface area contributed by atoms with E-state index in [9.17, 15) is 4.79 Å². The maximum atomic E-state index is 10.9. The molecule has 0 spiro atoms. The van der Waals surface area contributed by atoms with Gasteiger partial charge in [0.1, 0.15) is 11.2 Å². The first-order chi connectivity index (χ1) is 9.06. The largest absolute Gasteiger partial charge is 0.478 e. The molecule has 3 aromatic rings. The third kappa shape index (κ3) is 1.75. The monoisotopic (exact) mass is 257 g/mol. The van der Waals surface area contributed by atoms with E-state index in [0.717, 1.165) is 16.9 Å². The summed E-state index contributed by atoms with van der Waals surface area (Å²) in [6, 6.07) is 4.74. The van der Waals surface area contributed by atoms with Crippen LogP contribution in [0, 0.1) is 6.92 Å². The first-order valence-electron chi connectivity index (χ1n) is 5.65. The molecule has 7 heteroatoms. The number of carboxylic acids is 1. The number of carboxylic acid groups (broad SMARTS) is 1. The standard InChI is InChI=1S/C12H11N5O2/c1-7-11(6-16(2)14-7)17-10-4-3-8(12(18)19)5-9(10)13-15-17/h3-6H,1-2H3,(H,18,19). The van der Waals surface area contributed by atoms with Gasteiger partial charge < -0.3 is 5.11 Å². The zero-order valence-electron chi connectivity index (χ0n) is 10.4. The molecule has 0 fully saturated rings. The molecule has 1 N–H and O–H groups in total. The number of hydrogen-bond donors (Lipinski definition) is 1. The van der Waals surface area contributed by atoms with Gasteiger partial charge in [-0.3, -0.25) is 4.68 Å². The van der Waals surface area contributed by atoms with Crippen LogP contribution in [-0.2, 0) is 7.05 Å². The summed E-state index contributed by atoms with van der Waals surface area (Å²) in [6.45, 7) is 1.88. The SMILES string of the molecule is Cc1nn(C)cc1-n1nnc2cc(C(=O)O)ccc21. The summed E-state index contributed by atoms with van der Waals surface area (Å²) in [4.78, 5) is 10.9. The summed E-state index contributed by atoms with van der Waals surface area (Å²) < 4.78 is 3.35. The van der Waals surface area contributed by atoms with Gasteiger partial charge in [-0.15, -0.1) is 5.10 Å². The predicted molar refractivity (Wildman–Crippen MR) is 67.3 cm³/mol. The number of aromatic carboxylic acids is 1. The van der Waals surface area contributed by atoms with Crippen LogP contribution in [0.5, 0.6) is 0 Å². The van der Waals surface area contributed by atoms with Crippen LogP contribution in [-0.4, -0.2) is 35.9 Å². The lowest BCUT2D eigenvalue weighted by Gasteiger charge is -1.99. The quantitative estimate of drug-likeness (QED) is 0.744. The predicted octanol–water partition coefficient (Wildman–Crippen LogP) is 1.16. The molecule has 7 nitrogen and oxygen atoms in total. The molecule has 96 valence electrons. The lowest BCUT2D eigenvalue weighted by Crippen LogP contribution is -1.98. The van der Waals surface area contributed by atoms with Gasteiger partial charge in [0, 0.05) is 7.05 Å². The van der Waals surface area contributed by atoms with Gasteiger partial charge in [0.25, 0.3) is 0 Å². The van der Waals surface area contributed by atoms with E-state index in [1.165, 1.54) is 12.1 Å². The van der Waals surface area contributed by atoms with E-state index < -0.39 is 5.97 Å². The number of nitrogens with zero attached hydrogens (tertiary/aromatic N) is 5. The molecule has 0 saturated carbocycles. The smallest absolute Gasteiger partial charge is 0.335 e. The van der Waals surface area contributed by atoms with E-state index in [0.29, 0.717) is 5.52 Å². The van der Waals surface area contributed by atoms with Gasteiger partial charge in [-0.2, -0.15) is 5.10 Å². The van der Waals surface area contributed by atoms with Crippen LogP contribution >= 0.6 is 0 Å². The summed E-state index contributed by atoms with van der Waals surface area (Å²) in [5.74, 6) is -0.978. The zero-order chi connectivity index (χ0) is 13.6. The van der Waals surface area contributed by atoms with Gasteiger partial charge in [-0.1, -0.05) is 5.21 Å². The Kier molecular flexibility index (Phi) is 2.34. The fourth-order valence-electron chi connectivity index (χ4n) is 2.03. The Morgan fingerprint density at radius 1 is 1.37 bits per heavy atom. The van der Waals surface area contributed by atoms with E-state index in [2.05, 4.69) is 15.4 Å². The molecule has 0 radical (unpaired) electrons. The number of rotatable bonds is 2. The Morgan fingerprint density at radius 2 is 2.16 bits per heavy atom. The van der Waals surface area contributed by atoms with Crippen LogP contribution in [0.15, 0.2) is 24.4 Å². The van der Waals surface area contributed by atoms with Crippen molar-refractivity contribution in [3.8, 4) is 5.69 Å². The minimum absolute atomic E-state index is 0.197. The number of aromatic nitrogens is 5. The number of aryl methyl sites for hydroxylation is 2. The highest BCUT2D eigenvalue weighted by molar-refractivity contribution is 5.92. The lowest BCUT2D eigenvalue weighted by molar-refractivity contribution is 0.0697. The Labute approximate surface area is 108 Å². The van der Waals surface area contributed by atoms with E-state index in [1.807, 2.05) is 20.2 Å². The summed E-state index contributed by atoms with van der Waals surface area (Å²) >= 11 is 0. The Morgan fingerprint density at radius 3 is 2.79 bits per heavy atom. The van der Waals surface area contributed by atoms with E-state index in [1.54, 1.807) is 15.4 Å². The Bertz CT molecular complexity index is 787. The first-order valence-corrected chi connectivity index (χ1v) is 5.65.